The zero-order valence-corrected chi connectivity index (χ0v) is 16.5. The van der Waals surface area contributed by atoms with Crippen molar-refractivity contribution in [2.75, 3.05) is 50.8 Å². The second-order valence-corrected chi connectivity index (χ2v) is 8.29. The van der Waals surface area contributed by atoms with Crippen LogP contribution in [-0.2, 0) is 10.3 Å². The molecule has 2 aromatic heterocycles. The van der Waals surface area contributed by atoms with Crippen molar-refractivity contribution in [1.29, 1.82) is 0 Å². The first-order valence-electron chi connectivity index (χ1n) is 9.86. The van der Waals surface area contributed by atoms with Crippen molar-refractivity contribution in [2.45, 2.75) is 19.4 Å². The Bertz CT molecular complexity index is 998. The molecule has 0 atom stereocenters. The van der Waals surface area contributed by atoms with Gasteiger partial charge in [0, 0.05) is 44.2 Å². The predicted molar refractivity (Wildman–Crippen MR) is 103 cm³/mol. The molecule has 0 saturated carbocycles. The molecule has 4 heterocycles. The van der Waals surface area contributed by atoms with Crippen molar-refractivity contribution < 1.29 is 19.0 Å². The van der Waals surface area contributed by atoms with Crippen LogP contribution in [0.1, 0.15) is 19.7 Å². The van der Waals surface area contributed by atoms with Crippen LogP contribution >= 0.6 is 0 Å². The topological polar surface area (TPSA) is 114 Å². The van der Waals surface area contributed by atoms with E-state index in [1.54, 1.807) is 13.8 Å². The fourth-order valence-corrected chi connectivity index (χ4v) is 3.86. The Hall–Kier alpha value is -2.56. The molecule has 5 rings (SSSR count). The number of hydrogen-bond acceptors (Lipinski definition) is 10. The highest BCUT2D eigenvalue weighted by molar-refractivity contribution is 5.92. The van der Waals surface area contributed by atoms with E-state index in [2.05, 4.69) is 30.3 Å². The Morgan fingerprint density at radius 3 is 2.66 bits per heavy atom. The summed E-state index contributed by atoms with van der Waals surface area (Å²) in [5.41, 5.74) is 1.87. The number of anilines is 1. The first-order valence-corrected chi connectivity index (χ1v) is 9.86. The summed E-state index contributed by atoms with van der Waals surface area (Å²) in [7, 11) is 0. The lowest BCUT2D eigenvalue weighted by atomic mass is 9.97. The normalized spacial score (nSPS) is 19.1. The van der Waals surface area contributed by atoms with Gasteiger partial charge in [-0.2, -0.15) is 4.98 Å². The molecule has 0 bridgehead atoms. The number of rotatable bonds is 5. The summed E-state index contributed by atoms with van der Waals surface area (Å²) in [6.07, 6.45) is 0. The second-order valence-electron chi connectivity index (χ2n) is 8.29. The fourth-order valence-electron chi connectivity index (χ4n) is 3.86. The number of aromatic nitrogens is 4. The van der Waals surface area contributed by atoms with E-state index in [1.165, 1.54) is 0 Å². The molecule has 3 aromatic rings. The van der Waals surface area contributed by atoms with Crippen LogP contribution in [0.5, 0.6) is 0 Å². The monoisotopic (exact) mass is 400 g/mol. The quantitative estimate of drug-likeness (QED) is 0.671. The molecule has 0 spiro atoms. The first kappa shape index (κ1) is 18.5. The van der Waals surface area contributed by atoms with Crippen molar-refractivity contribution in [3.05, 3.63) is 18.0 Å². The molecular weight excluding hydrogens is 376 g/mol. The maximum atomic E-state index is 10.1. The van der Waals surface area contributed by atoms with Gasteiger partial charge in [0.1, 0.15) is 11.1 Å². The lowest BCUT2D eigenvalue weighted by Crippen LogP contribution is -2.53. The highest BCUT2D eigenvalue weighted by Gasteiger charge is 2.32. The third kappa shape index (κ3) is 3.59. The molecule has 0 aliphatic carbocycles. The predicted octanol–water partition coefficient (Wildman–Crippen LogP) is 1.27. The van der Waals surface area contributed by atoms with E-state index in [1.807, 2.05) is 12.1 Å². The summed E-state index contributed by atoms with van der Waals surface area (Å²) >= 11 is 0. The molecule has 154 valence electrons. The molecule has 0 radical (unpaired) electrons. The standard InChI is InChI=1S/C19H24N6O4/c1-19(2,26)18-20-17(23-28-18)13-7-14-16(22-29-21-14)15(8-13)25-10-12(11-25)9-24-3-5-27-6-4-24/h7-8,12,26H,3-6,9-11H2,1-2H3. The first-order chi connectivity index (χ1) is 14.0. The van der Waals surface area contributed by atoms with Crippen LogP contribution in [0.4, 0.5) is 5.69 Å². The number of hydrogen-bond donors (Lipinski definition) is 1. The summed E-state index contributed by atoms with van der Waals surface area (Å²) in [6, 6.07) is 3.80. The second kappa shape index (κ2) is 7.05. The summed E-state index contributed by atoms with van der Waals surface area (Å²) in [5, 5.41) is 22.2. The average molecular weight is 400 g/mol. The van der Waals surface area contributed by atoms with Crippen molar-refractivity contribution in [1.82, 2.24) is 25.4 Å². The smallest absolute Gasteiger partial charge is 0.258 e. The molecule has 10 heteroatoms. The van der Waals surface area contributed by atoms with E-state index in [-0.39, 0.29) is 5.89 Å². The van der Waals surface area contributed by atoms with Crippen LogP contribution in [-0.4, -0.2) is 76.4 Å². The lowest BCUT2D eigenvalue weighted by molar-refractivity contribution is 0.0286. The summed E-state index contributed by atoms with van der Waals surface area (Å²) in [5.74, 6) is 1.18. The minimum Gasteiger partial charge on any atom is -0.381 e. The highest BCUT2D eigenvalue weighted by atomic mass is 16.6. The van der Waals surface area contributed by atoms with Crippen molar-refractivity contribution in [3.8, 4) is 11.4 Å². The van der Waals surface area contributed by atoms with E-state index >= 15 is 0 Å². The van der Waals surface area contributed by atoms with E-state index in [0.29, 0.717) is 17.3 Å². The maximum absolute atomic E-state index is 10.1. The number of benzene rings is 1. The van der Waals surface area contributed by atoms with Gasteiger partial charge in [0.05, 0.1) is 18.9 Å². The zero-order chi connectivity index (χ0) is 20.0. The van der Waals surface area contributed by atoms with Crippen LogP contribution in [0.2, 0.25) is 0 Å². The number of aliphatic hydroxyl groups is 1. The SMILES string of the molecule is CC(C)(O)c1nc(-c2cc(N3CC(CN4CCOCC4)C3)c3nonc3c2)no1. The molecular formula is C19H24N6O4. The van der Waals surface area contributed by atoms with Gasteiger partial charge in [0.2, 0.25) is 5.82 Å². The minimum absolute atomic E-state index is 0.168. The lowest BCUT2D eigenvalue weighted by Gasteiger charge is -2.43. The Morgan fingerprint density at radius 1 is 1.14 bits per heavy atom. The molecule has 2 fully saturated rings. The van der Waals surface area contributed by atoms with Gasteiger partial charge in [0.15, 0.2) is 5.52 Å². The third-order valence-corrected chi connectivity index (χ3v) is 5.47. The van der Waals surface area contributed by atoms with E-state index in [4.69, 9.17) is 13.9 Å². The van der Waals surface area contributed by atoms with E-state index < -0.39 is 5.60 Å². The van der Waals surface area contributed by atoms with Gasteiger partial charge >= 0.3 is 0 Å². The van der Waals surface area contributed by atoms with Gasteiger partial charge in [-0.3, -0.25) is 4.90 Å². The van der Waals surface area contributed by atoms with Crippen LogP contribution in [0.25, 0.3) is 22.4 Å². The summed E-state index contributed by atoms with van der Waals surface area (Å²) in [4.78, 5) is 9.08. The molecule has 2 saturated heterocycles. The van der Waals surface area contributed by atoms with E-state index in [0.717, 1.165) is 62.7 Å². The Morgan fingerprint density at radius 2 is 1.93 bits per heavy atom. The maximum Gasteiger partial charge on any atom is 0.258 e. The number of fused-ring (bicyclic) bond motifs is 1. The largest absolute Gasteiger partial charge is 0.381 e. The molecule has 0 amide bonds. The van der Waals surface area contributed by atoms with Crippen LogP contribution in [0, 0.1) is 5.92 Å². The van der Waals surface area contributed by atoms with Crippen LogP contribution in [0.15, 0.2) is 21.3 Å². The zero-order valence-electron chi connectivity index (χ0n) is 16.5. The number of nitrogens with zero attached hydrogens (tertiary/aromatic N) is 6. The summed E-state index contributed by atoms with van der Waals surface area (Å²) < 4.78 is 15.6. The van der Waals surface area contributed by atoms with Crippen molar-refractivity contribution in [2.24, 2.45) is 5.92 Å². The average Bonchev–Trinajstić information content (AvgIpc) is 3.33. The molecule has 2 aliphatic heterocycles. The molecule has 29 heavy (non-hydrogen) atoms. The Kier molecular flexibility index (Phi) is 4.49. The molecule has 10 nitrogen and oxygen atoms in total. The molecule has 0 unspecified atom stereocenters. The number of ether oxygens (including phenoxy) is 1. The fraction of sp³-hybridized carbons (Fsp3) is 0.579. The Balaban J connectivity index is 1.37. The van der Waals surface area contributed by atoms with Gasteiger partial charge in [-0.05, 0) is 36.3 Å². The van der Waals surface area contributed by atoms with Crippen molar-refractivity contribution >= 4 is 16.7 Å². The highest BCUT2D eigenvalue weighted by Crippen LogP contribution is 2.35. The van der Waals surface area contributed by atoms with Crippen molar-refractivity contribution in [3.63, 3.8) is 0 Å². The van der Waals surface area contributed by atoms with Crippen LogP contribution in [0.3, 0.4) is 0 Å². The number of morpholine rings is 1. The molecule has 1 aromatic carbocycles. The Labute approximate surface area is 167 Å². The van der Waals surface area contributed by atoms with Gasteiger partial charge in [-0.1, -0.05) is 5.16 Å². The van der Waals surface area contributed by atoms with Gasteiger partial charge in [-0.15, -0.1) is 0 Å². The van der Waals surface area contributed by atoms with Gasteiger partial charge < -0.3 is 19.3 Å². The third-order valence-electron chi connectivity index (χ3n) is 5.47. The van der Waals surface area contributed by atoms with Gasteiger partial charge in [-0.25, -0.2) is 4.63 Å². The molecule has 1 N–H and O–H groups in total. The minimum atomic E-state index is -1.20. The summed E-state index contributed by atoms with van der Waals surface area (Å²) in [6.45, 7) is 9.84. The van der Waals surface area contributed by atoms with Crippen LogP contribution < -0.4 is 4.90 Å². The van der Waals surface area contributed by atoms with E-state index in [9.17, 15) is 5.11 Å². The van der Waals surface area contributed by atoms with Gasteiger partial charge in [0.25, 0.3) is 5.89 Å². The molecule has 2 aliphatic rings.